The Kier molecular flexibility index (Phi) is 5.29. The molecular formula is C20H24N2S. The Morgan fingerprint density at radius 1 is 0.913 bits per heavy atom. The molecular weight excluding hydrogens is 300 g/mol. The molecule has 3 heteroatoms. The third kappa shape index (κ3) is 4.55. The predicted molar refractivity (Wildman–Crippen MR) is 102 cm³/mol. The van der Waals surface area contributed by atoms with Crippen LogP contribution < -0.4 is 10.6 Å². The van der Waals surface area contributed by atoms with Crippen molar-refractivity contribution in [1.82, 2.24) is 5.32 Å². The number of hydrogen-bond acceptors (Lipinski definition) is 1. The molecule has 0 bridgehead atoms. The van der Waals surface area contributed by atoms with Crippen molar-refractivity contribution in [2.75, 3.05) is 5.32 Å². The van der Waals surface area contributed by atoms with Crippen LogP contribution in [0.15, 0.2) is 60.7 Å². The number of hydrogen-bond donors (Lipinski definition) is 2. The Hall–Kier alpha value is -1.87. The summed E-state index contributed by atoms with van der Waals surface area (Å²) in [7, 11) is 0. The number of rotatable bonds is 5. The lowest BCUT2D eigenvalue weighted by molar-refractivity contribution is 0.362. The average molecular weight is 324 g/mol. The Labute approximate surface area is 144 Å². The van der Waals surface area contributed by atoms with Crippen molar-refractivity contribution >= 4 is 23.0 Å². The van der Waals surface area contributed by atoms with Gasteiger partial charge in [-0.25, -0.2) is 0 Å². The van der Waals surface area contributed by atoms with E-state index in [0.717, 1.165) is 23.6 Å². The summed E-state index contributed by atoms with van der Waals surface area (Å²) in [6.07, 6.45) is 7.22. The normalized spacial score (nSPS) is 16.0. The van der Waals surface area contributed by atoms with Gasteiger partial charge in [-0.05, 0) is 55.6 Å². The van der Waals surface area contributed by atoms with Crippen LogP contribution in [0.2, 0.25) is 0 Å². The van der Waals surface area contributed by atoms with E-state index >= 15 is 0 Å². The first-order valence-electron chi connectivity index (χ1n) is 8.44. The summed E-state index contributed by atoms with van der Waals surface area (Å²) in [6, 6.07) is 20.9. The zero-order valence-corrected chi connectivity index (χ0v) is 14.2. The fraction of sp³-hybridized carbons (Fsp3) is 0.350. The first-order chi connectivity index (χ1) is 11.3. The van der Waals surface area contributed by atoms with Crippen LogP contribution in [-0.2, 0) is 6.42 Å². The van der Waals surface area contributed by atoms with Gasteiger partial charge in [0.25, 0.3) is 0 Å². The summed E-state index contributed by atoms with van der Waals surface area (Å²) in [5.74, 6) is 0. The third-order valence-corrected chi connectivity index (χ3v) is 4.91. The molecule has 0 amide bonds. The van der Waals surface area contributed by atoms with E-state index in [2.05, 4.69) is 41.0 Å². The maximum atomic E-state index is 5.55. The molecule has 1 saturated carbocycles. The molecule has 0 saturated heterocycles. The zero-order valence-electron chi connectivity index (χ0n) is 13.4. The quantitative estimate of drug-likeness (QED) is 0.764. The van der Waals surface area contributed by atoms with Crippen LogP contribution in [0, 0.1) is 0 Å². The zero-order chi connectivity index (χ0) is 16.0. The Morgan fingerprint density at radius 2 is 1.52 bits per heavy atom. The van der Waals surface area contributed by atoms with Crippen molar-refractivity contribution < 1.29 is 0 Å². The van der Waals surface area contributed by atoms with Gasteiger partial charge in [0.1, 0.15) is 0 Å². The molecule has 0 unspecified atom stereocenters. The molecule has 0 spiro atoms. The maximum absolute atomic E-state index is 5.55. The van der Waals surface area contributed by atoms with E-state index in [1.54, 1.807) is 0 Å². The molecule has 0 aromatic heterocycles. The molecule has 0 heterocycles. The van der Waals surface area contributed by atoms with Crippen LogP contribution in [0.25, 0.3) is 0 Å². The van der Waals surface area contributed by atoms with Crippen LogP contribution in [0.5, 0.6) is 0 Å². The average Bonchev–Trinajstić information content (AvgIpc) is 3.03. The molecule has 0 aliphatic heterocycles. The van der Waals surface area contributed by atoms with E-state index in [1.807, 2.05) is 30.3 Å². The van der Waals surface area contributed by atoms with E-state index in [4.69, 9.17) is 12.2 Å². The van der Waals surface area contributed by atoms with E-state index in [1.165, 1.54) is 31.2 Å². The summed E-state index contributed by atoms with van der Waals surface area (Å²) in [5.41, 5.74) is 2.60. The minimum atomic E-state index is 0.148. The SMILES string of the molecule is S=C(Nc1ccccc1)NC1(CCc2ccccc2)CCCC1. The third-order valence-electron chi connectivity index (χ3n) is 4.71. The topological polar surface area (TPSA) is 24.1 Å². The fourth-order valence-corrected chi connectivity index (χ4v) is 3.78. The lowest BCUT2D eigenvalue weighted by Gasteiger charge is -2.32. The van der Waals surface area contributed by atoms with Crippen LogP contribution in [0.1, 0.15) is 37.7 Å². The highest BCUT2D eigenvalue weighted by atomic mass is 32.1. The van der Waals surface area contributed by atoms with Crippen molar-refractivity contribution in [1.29, 1.82) is 0 Å². The molecule has 3 rings (SSSR count). The van der Waals surface area contributed by atoms with Crippen LogP contribution in [-0.4, -0.2) is 10.7 Å². The summed E-state index contributed by atoms with van der Waals surface area (Å²) in [4.78, 5) is 0. The lowest BCUT2D eigenvalue weighted by Crippen LogP contribution is -2.48. The maximum Gasteiger partial charge on any atom is 0.171 e. The number of anilines is 1. The molecule has 120 valence electrons. The molecule has 2 nitrogen and oxygen atoms in total. The van der Waals surface area contributed by atoms with Crippen molar-refractivity contribution in [3.63, 3.8) is 0 Å². The smallest absolute Gasteiger partial charge is 0.171 e. The molecule has 0 radical (unpaired) electrons. The molecule has 2 aromatic rings. The molecule has 2 N–H and O–H groups in total. The van der Waals surface area contributed by atoms with Gasteiger partial charge in [0, 0.05) is 11.2 Å². The van der Waals surface area contributed by atoms with Gasteiger partial charge in [0.15, 0.2) is 5.11 Å². The van der Waals surface area contributed by atoms with Crippen molar-refractivity contribution in [2.45, 2.75) is 44.1 Å². The summed E-state index contributed by atoms with van der Waals surface area (Å²) >= 11 is 5.55. The van der Waals surface area contributed by atoms with Gasteiger partial charge in [0.05, 0.1) is 0 Å². The van der Waals surface area contributed by atoms with Gasteiger partial charge < -0.3 is 10.6 Å². The van der Waals surface area contributed by atoms with Gasteiger partial charge in [-0.15, -0.1) is 0 Å². The first-order valence-corrected chi connectivity index (χ1v) is 8.85. The first kappa shape index (κ1) is 16.0. The van der Waals surface area contributed by atoms with Gasteiger partial charge in [-0.3, -0.25) is 0 Å². The van der Waals surface area contributed by atoms with E-state index in [-0.39, 0.29) is 5.54 Å². The highest BCUT2D eigenvalue weighted by molar-refractivity contribution is 7.80. The van der Waals surface area contributed by atoms with Crippen molar-refractivity contribution in [2.24, 2.45) is 0 Å². The molecule has 0 atom stereocenters. The molecule has 1 aliphatic rings. The number of nitrogens with one attached hydrogen (secondary N) is 2. The Bertz CT molecular complexity index is 619. The highest BCUT2D eigenvalue weighted by Gasteiger charge is 2.33. The van der Waals surface area contributed by atoms with Crippen molar-refractivity contribution in [3.8, 4) is 0 Å². The molecule has 2 aromatic carbocycles. The summed E-state index contributed by atoms with van der Waals surface area (Å²) in [6.45, 7) is 0. The molecule has 23 heavy (non-hydrogen) atoms. The standard InChI is InChI=1S/C20H24N2S/c23-19(21-18-11-5-2-6-12-18)22-20(14-7-8-15-20)16-13-17-9-3-1-4-10-17/h1-6,9-12H,7-8,13-16H2,(H2,21,22,23). The Balaban J connectivity index is 1.60. The van der Waals surface area contributed by atoms with E-state index in [9.17, 15) is 0 Å². The second-order valence-corrected chi connectivity index (χ2v) is 6.83. The Morgan fingerprint density at radius 3 is 2.17 bits per heavy atom. The monoisotopic (exact) mass is 324 g/mol. The fourth-order valence-electron chi connectivity index (χ4n) is 3.44. The van der Waals surface area contributed by atoms with Gasteiger partial charge in [0.2, 0.25) is 0 Å². The summed E-state index contributed by atoms with van der Waals surface area (Å²) in [5, 5.41) is 7.69. The minimum Gasteiger partial charge on any atom is -0.357 e. The van der Waals surface area contributed by atoms with Gasteiger partial charge in [-0.2, -0.15) is 0 Å². The second kappa shape index (κ2) is 7.60. The minimum absolute atomic E-state index is 0.148. The predicted octanol–water partition coefficient (Wildman–Crippen LogP) is 4.92. The highest BCUT2D eigenvalue weighted by Crippen LogP contribution is 2.33. The number of para-hydroxylation sites is 1. The molecule has 1 fully saturated rings. The van der Waals surface area contributed by atoms with Crippen LogP contribution in [0.3, 0.4) is 0 Å². The number of benzene rings is 2. The van der Waals surface area contributed by atoms with Gasteiger partial charge >= 0.3 is 0 Å². The number of thiocarbonyl (C=S) groups is 1. The largest absolute Gasteiger partial charge is 0.357 e. The van der Waals surface area contributed by atoms with Crippen LogP contribution >= 0.6 is 12.2 Å². The van der Waals surface area contributed by atoms with E-state index < -0.39 is 0 Å². The molecule has 1 aliphatic carbocycles. The van der Waals surface area contributed by atoms with Crippen LogP contribution in [0.4, 0.5) is 5.69 Å². The van der Waals surface area contributed by atoms with E-state index in [0.29, 0.717) is 0 Å². The summed E-state index contributed by atoms with van der Waals surface area (Å²) < 4.78 is 0. The lowest BCUT2D eigenvalue weighted by atomic mass is 9.89. The number of aryl methyl sites for hydroxylation is 1. The van der Waals surface area contributed by atoms with Gasteiger partial charge in [-0.1, -0.05) is 61.4 Å². The second-order valence-electron chi connectivity index (χ2n) is 6.42. The van der Waals surface area contributed by atoms with Crippen molar-refractivity contribution in [3.05, 3.63) is 66.2 Å².